The predicted octanol–water partition coefficient (Wildman–Crippen LogP) is 0.679. The zero-order chi connectivity index (χ0) is 6.85. The Morgan fingerprint density at radius 2 is 2.44 bits per heavy atom. The first-order valence-electron chi connectivity index (χ1n) is 2.63. The van der Waals surface area contributed by atoms with Crippen molar-refractivity contribution >= 4 is 27.7 Å². The van der Waals surface area contributed by atoms with E-state index >= 15 is 0 Å². The van der Waals surface area contributed by atoms with Crippen molar-refractivity contribution in [2.45, 2.75) is 6.92 Å². The van der Waals surface area contributed by atoms with Crippen LogP contribution in [0.1, 0.15) is 6.92 Å². The van der Waals surface area contributed by atoms with E-state index in [4.69, 9.17) is 5.11 Å². The van der Waals surface area contributed by atoms with Gasteiger partial charge in [0.15, 0.2) is 0 Å². The average molecular weight is 187 g/mol. The van der Waals surface area contributed by atoms with Gasteiger partial charge in [-0.25, -0.2) is 0 Å². The summed E-state index contributed by atoms with van der Waals surface area (Å²) in [7, 11) is 1.88. The maximum Gasteiger partial charge on any atom is 0.223 e. The number of aliphatic hydroxyl groups excluding tert-OH is 1. The van der Waals surface area contributed by atoms with E-state index in [9.17, 15) is 0 Å². The normalized spacial score (nSPS) is 17.9. The summed E-state index contributed by atoms with van der Waals surface area (Å²) >= 11 is 3.20. The molecule has 9 heavy (non-hydrogen) atoms. The molecule has 1 heterocycles. The highest BCUT2D eigenvalue weighted by molar-refractivity contribution is 9.19. The second-order valence-electron chi connectivity index (χ2n) is 1.87. The van der Waals surface area contributed by atoms with Gasteiger partial charge in [-0.1, -0.05) is 12.4 Å². The van der Waals surface area contributed by atoms with Gasteiger partial charge in [0.2, 0.25) is 7.28 Å². The molecule has 1 aliphatic heterocycles. The number of rotatable bonds is 1. The summed E-state index contributed by atoms with van der Waals surface area (Å²) in [6, 6.07) is 0. The lowest BCUT2D eigenvalue weighted by molar-refractivity contribution is 0.330. The zero-order valence-electron chi connectivity index (χ0n) is 5.06. The topological polar surface area (TPSA) is 32.6 Å². The van der Waals surface area contributed by atoms with E-state index in [1.165, 1.54) is 0 Å². The quantitative estimate of drug-likeness (QED) is 0.601. The molecule has 0 unspecified atom stereocenters. The fourth-order valence-electron chi connectivity index (χ4n) is 0.671. The number of hydrogen-bond donors (Lipinski definition) is 1. The van der Waals surface area contributed by atoms with Crippen molar-refractivity contribution in [3.05, 3.63) is 11.2 Å². The van der Waals surface area contributed by atoms with Gasteiger partial charge < -0.3 is 5.11 Å². The molecular weight excluding hydrogens is 181 g/mol. The van der Waals surface area contributed by atoms with Crippen LogP contribution in [0.4, 0.5) is 0 Å². The minimum Gasteiger partial charge on any atom is -0.390 e. The van der Waals surface area contributed by atoms with Crippen molar-refractivity contribution in [2.24, 2.45) is 4.99 Å². The fourth-order valence-corrected chi connectivity index (χ4v) is 1.23. The number of allylic oxidation sites excluding steroid dienone is 1. The van der Waals surface area contributed by atoms with E-state index in [2.05, 4.69) is 20.9 Å². The second kappa shape index (κ2) is 2.67. The first-order valence-corrected chi connectivity index (χ1v) is 3.43. The standard InChI is InChI=1S/C5H6BBrNO/c1-3-4(2-9)8-5(7)6-3/h9H,2H2,1H3. The van der Waals surface area contributed by atoms with Gasteiger partial charge in [0.25, 0.3) is 0 Å². The highest BCUT2D eigenvalue weighted by Gasteiger charge is 2.11. The van der Waals surface area contributed by atoms with E-state index in [1.54, 1.807) is 0 Å². The monoisotopic (exact) mass is 186 g/mol. The van der Waals surface area contributed by atoms with Gasteiger partial charge in [0, 0.05) is 4.52 Å². The van der Waals surface area contributed by atoms with Crippen LogP contribution in [0.25, 0.3) is 0 Å². The first kappa shape index (κ1) is 7.03. The van der Waals surface area contributed by atoms with Crippen LogP contribution in [0, 0.1) is 0 Å². The third-order valence-electron chi connectivity index (χ3n) is 1.18. The third-order valence-corrected chi connectivity index (χ3v) is 1.59. The minimum absolute atomic E-state index is 0.0252. The molecule has 0 aromatic heterocycles. The maximum atomic E-state index is 8.65. The molecule has 0 fully saturated rings. The van der Waals surface area contributed by atoms with E-state index in [1.807, 2.05) is 14.2 Å². The van der Waals surface area contributed by atoms with Gasteiger partial charge in [0.05, 0.1) is 12.3 Å². The summed E-state index contributed by atoms with van der Waals surface area (Å²) in [4.78, 5) is 4.00. The Morgan fingerprint density at radius 1 is 1.78 bits per heavy atom. The average Bonchev–Trinajstić information content (AvgIpc) is 2.10. The molecule has 0 bridgehead atoms. The molecule has 0 saturated heterocycles. The summed E-state index contributed by atoms with van der Waals surface area (Å²) < 4.78 is 0.795. The highest BCUT2D eigenvalue weighted by atomic mass is 79.9. The van der Waals surface area contributed by atoms with Crippen molar-refractivity contribution < 1.29 is 5.11 Å². The molecule has 47 valence electrons. The highest BCUT2D eigenvalue weighted by Crippen LogP contribution is 2.13. The van der Waals surface area contributed by atoms with Gasteiger partial charge in [-0.2, -0.15) is 0 Å². The maximum absolute atomic E-state index is 8.65. The van der Waals surface area contributed by atoms with E-state index in [0.717, 1.165) is 15.7 Å². The Labute approximate surface area is 63.0 Å². The van der Waals surface area contributed by atoms with Crippen LogP contribution in [0.3, 0.4) is 0 Å². The van der Waals surface area contributed by atoms with Gasteiger partial charge in [-0.3, -0.25) is 4.99 Å². The molecular formula is C5H6BBrNO. The van der Waals surface area contributed by atoms with E-state index in [-0.39, 0.29) is 6.61 Å². The molecule has 0 spiro atoms. The lowest BCUT2D eigenvalue weighted by Crippen LogP contribution is -1.96. The smallest absolute Gasteiger partial charge is 0.223 e. The number of aliphatic imine (C=N–C) groups is 1. The van der Waals surface area contributed by atoms with Crippen LogP contribution >= 0.6 is 15.9 Å². The summed E-state index contributed by atoms with van der Waals surface area (Å²) in [6.45, 7) is 1.95. The number of hydrogen-bond acceptors (Lipinski definition) is 2. The largest absolute Gasteiger partial charge is 0.390 e. The molecule has 0 aliphatic carbocycles. The van der Waals surface area contributed by atoms with Gasteiger partial charge in [0.1, 0.15) is 0 Å². The molecule has 1 rings (SSSR count). The summed E-state index contributed by atoms with van der Waals surface area (Å²) in [5.41, 5.74) is 1.78. The first-order chi connectivity index (χ1) is 4.24. The molecule has 4 heteroatoms. The molecule has 0 amide bonds. The Morgan fingerprint density at radius 3 is 2.67 bits per heavy atom. The Hall–Kier alpha value is -0.0851. The van der Waals surface area contributed by atoms with Gasteiger partial charge in [-0.05, 0) is 15.9 Å². The lowest BCUT2D eigenvalue weighted by Gasteiger charge is -1.91. The molecule has 0 aromatic carbocycles. The summed E-state index contributed by atoms with van der Waals surface area (Å²) in [5, 5.41) is 8.65. The molecule has 0 saturated carbocycles. The minimum atomic E-state index is 0.0252. The van der Waals surface area contributed by atoms with Gasteiger partial charge >= 0.3 is 0 Å². The predicted molar refractivity (Wildman–Crippen MR) is 41.9 cm³/mol. The van der Waals surface area contributed by atoms with Crippen LogP contribution in [-0.2, 0) is 0 Å². The van der Waals surface area contributed by atoms with Crippen molar-refractivity contribution in [3.63, 3.8) is 0 Å². The van der Waals surface area contributed by atoms with Crippen LogP contribution in [0.2, 0.25) is 0 Å². The van der Waals surface area contributed by atoms with Crippen molar-refractivity contribution in [1.29, 1.82) is 0 Å². The lowest BCUT2D eigenvalue weighted by atomic mass is 9.73. The molecule has 1 radical (unpaired) electrons. The Balaban J connectivity index is 2.75. The zero-order valence-corrected chi connectivity index (χ0v) is 6.64. The van der Waals surface area contributed by atoms with Crippen molar-refractivity contribution in [2.75, 3.05) is 6.61 Å². The Bertz CT molecular complexity index is 187. The Kier molecular flexibility index (Phi) is 2.08. The van der Waals surface area contributed by atoms with E-state index in [0.29, 0.717) is 0 Å². The van der Waals surface area contributed by atoms with E-state index < -0.39 is 0 Å². The van der Waals surface area contributed by atoms with Crippen LogP contribution in [0.5, 0.6) is 0 Å². The fraction of sp³-hybridized carbons (Fsp3) is 0.400. The van der Waals surface area contributed by atoms with Crippen LogP contribution < -0.4 is 0 Å². The molecule has 2 nitrogen and oxygen atoms in total. The van der Waals surface area contributed by atoms with Gasteiger partial charge in [-0.15, -0.1) is 0 Å². The summed E-state index contributed by atoms with van der Waals surface area (Å²) in [5.74, 6) is 0. The van der Waals surface area contributed by atoms with Crippen LogP contribution in [-0.4, -0.2) is 23.5 Å². The molecule has 1 aliphatic rings. The number of aliphatic hydroxyl groups is 1. The number of nitrogens with zero attached hydrogens (tertiary/aromatic N) is 1. The number of halogens is 1. The molecule has 0 aromatic rings. The third kappa shape index (κ3) is 1.43. The van der Waals surface area contributed by atoms with Crippen molar-refractivity contribution in [1.82, 2.24) is 0 Å². The summed E-state index contributed by atoms with van der Waals surface area (Å²) in [6.07, 6.45) is 0. The van der Waals surface area contributed by atoms with Crippen LogP contribution in [0.15, 0.2) is 16.2 Å². The SMILES string of the molecule is CC1=C(CO)N=C(Br)[B]1. The molecule has 0 atom stereocenters. The van der Waals surface area contributed by atoms with Crippen molar-refractivity contribution in [3.8, 4) is 0 Å². The second-order valence-corrected chi connectivity index (χ2v) is 2.68. The molecule has 1 N–H and O–H groups in total.